The van der Waals surface area contributed by atoms with Crippen molar-refractivity contribution in [3.8, 4) is 0 Å². The summed E-state index contributed by atoms with van der Waals surface area (Å²) in [6.45, 7) is 19.3. The highest BCUT2D eigenvalue weighted by molar-refractivity contribution is 5.85. The van der Waals surface area contributed by atoms with E-state index < -0.39 is 5.60 Å². The average Bonchev–Trinajstić information content (AvgIpc) is 2.49. The van der Waals surface area contributed by atoms with Gasteiger partial charge in [-0.25, -0.2) is 4.79 Å². The summed E-state index contributed by atoms with van der Waals surface area (Å²) in [6.07, 6.45) is 5.63. The van der Waals surface area contributed by atoms with Crippen LogP contribution in [0.5, 0.6) is 0 Å². The average molecular weight is 366 g/mol. The van der Waals surface area contributed by atoms with Crippen LogP contribution in [0.15, 0.2) is 12.7 Å². The molecule has 0 aliphatic carbocycles. The van der Waals surface area contributed by atoms with Crippen LogP contribution in [0.3, 0.4) is 0 Å². The summed E-state index contributed by atoms with van der Waals surface area (Å²) in [5.41, 5.74) is -0.833. The maximum Gasteiger partial charge on any atom is 0.410 e. The van der Waals surface area contributed by atoms with Crippen molar-refractivity contribution in [2.45, 2.75) is 86.2 Å². The minimum absolute atomic E-state index is 0.0102. The molecule has 0 radical (unpaired) electrons. The quantitative estimate of drug-likeness (QED) is 0.575. The van der Waals surface area contributed by atoms with Crippen LogP contribution in [0.25, 0.3) is 0 Å². The van der Waals surface area contributed by atoms with Gasteiger partial charge in [-0.15, -0.1) is 6.58 Å². The fourth-order valence-corrected chi connectivity index (χ4v) is 3.68. The Labute approximate surface area is 160 Å². The van der Waals surface area contributed by atoms with Gasteiger partial charge in [-0.1, -0.05) is 33.8 Å². The van der Waals surface area contributed by atoms with Gasteiger partial charge in [0.05, 0.1) is 0 Å². The minimum atomic E-state index is -0.477. The van der Waals surface area contributed by atoms with Crippen LogP contribution in [0.4, 0.5) is 4.79 Å². The monoisotopic (exact) mass is 365 g/mol. The first-order valence-corrected chi connectivity index (χ1v) is 9.90. The second-order valence-corrected chi connectivity index (χ2v) is 10.1. The molecule has 1 aliphatic heterocycles. The van der Waals surface area contributed by atoms with Gasteiger partial charge in [0.15, 0.2) is 0 Å². The lowest BCUT2D eigenvalue weighted by Gasteiger charge is -2.43. The Bertz CT molecular complexity index is 504. The van der Waals surface area contributed by atoms with Gasteiger partial charge in [0.1, 0.15) is 11.4 Å². The molecule has 1 rings (SSSR count). The SMILES string of the molecule is C=CCCC(C)(C(=O)CC(C)(C)C)C1CCN(C(=O)OC(C)(C)C)CC1. The van der Waals surface area contributed by atoms with Crippen LogP contribution >= 0.6 is 0 Å². The normalized spacial score (nSPS) is 19.0. The molecule has 0 aromatic heterocycles. The number of ketones is 1. The maximum absolute atomic E-state index is 13.1. The summed E-state index contributed by atoms with van der Waals surface area (Å²) >= 11 is 0. The van der Waals surface area contributed by atoms with Crippen molar-refractivity contribution in [3.05, 3.63) is 12.7 Å². The number of hydrogen-bond acceptors (Lipinski definition) is 3. The number of piperidine rings is 1. The van der Waals surface area contributed by atoms with E-state index in [9.17, 15) is 9.59 Å². The first kappa shape index (κ1) is 22.7. The second kappa shape index (κ2) is 8.58. The summed E-state index contributed by atoms with van der Waals surface area (Å²) in [5, 5.41) is 0. The predicted octanol–water partition coefficient (Wildman–Crippen LogP) is 5.61. The largest absolute Gasteiger partial charge is 0.444 e. The van der Waals surface area contributed by atoms with E-state index in [1.165, 1.54) is 0 Å². The highest BCUT2D eigenvalue weighted by atomic mass is 16.6. The molecule has 4 heteroatoms. The Hall–Kier alpha value is -1.32. The standard InChI is InChI=1S/C22H39NO3/c1-9-10-13-22(8,18(24)16-20(2,3)4)17-11-14-23(15-12-17)19(25)26-21(5,6)7/h9,17H,1,10-16H2,2-8H3. The van der Waals surface area contributed by atoms with Gasteiger partial charge in [-0.3, -0.25) is 4.79 Å². The molecule has 0 spiro atoms. The minimum Gasteiger partial charge on any atom is -0.444 e. The molecule has 1 fully saturated rings. The lowest BCUT2D eigenvalue weighted by Crippen LogP contribution is -2.47. The Morgan fingerprint density at radius 2 is 1.62 bits per heavy atom. The van der Waals surface area contributed by atoms with Gasteiger partial charge in [0.25, 0.3) is 0 Å². The molecule has 0 saturated carbocycles. The number of nitrogens with zero attached hydrogens (tertiary/aromatic N) is 1. The fourth-order valence-electron chi connectivity index (χ4n) is 3.68. The summed E-state index contributed by atoms with van der Waals surface area (Å²) in [5.74, 6) is 0.651. The molecule has 1 heterocycles. The van der Waals surface area contributed by atoms with E-state index in [1.807, 2.05) is 26.8 Å². The van der Waals surface area contributed by atoms with E-state index in [1.54, 1.807) is 4.90 Å². The number of allylic oxidation sites excluding steroid dienone is 1. The third-order valence-electron chi connectivity index (χ3n) is 5.24. The molecule has 0 N–H and O–H groups in total. The van der Waals surface area contributed by atoms with E-state index in [-0.39, 0.29) is 16.9 Å². The lowest BCUT2D eigenvalue weighted by molar-refractivity contribution is -0.134. The fraction of sp³-hybridized carbons (Fsp3) is 0.818. The molecule has 1 aliphatic rings. The van der Waals surface area contributed by atoms with Gasteiger partial charge in [0, 0.05) is 24.9 Å². The second-order valence-electron chi connectivity index (χ2n) is 10.1. The number of carbonyl (C=O) groups is 2. The van der Waals surface area contributed by atoms with Crippen molar-refractivity contribution in [2.24, 2.45) is 16.7 Å². The summed E-state index contributed by atoms with van der Waals surface area (Å²) < 4.78 is 5.48. The molecule has 26 heavy (non-hydrogen) atoms. The van der Waals surface area contributed by atoms with Crippen molar-refractivity contribution in [1.29, 1.82) is 0 Å². The molecule has 0 aromatic carbocycles. The molecule has 150 valence electrons. The molecule has 0 bridgehead atoms. The smallest absolute Gasteiger partial charge is 0.410 e. The van der Waals surface area contributed by atoms with Crippen molar-refractivity contribution in [3.63, 3.8) is 0 Å². The Kier molecular flexibility index (Phi) is 7.50. The van der Waals surface area contributed by atoms with Crippen molar-refractivity contribution < 1.29 is 14.3 Å². The molecule has 0 aromatic rings. The van der Waals surface area contributed by atoms with Crippen LogP contribution in [0, 0.1) is 16.7 Å². The molecule has 1 saturated heterocycles. The van der Waals surface area contributed by atoms with Gasteiger partial charge < -0.3 is 9.64 Å². The Balaban J connectivity index is 2.81. The van der Waals surface area contributed by atoms with E-state index in [2.05, 4.69) is 34.3 Å². The van der Waals surface area contributed by atoms with Crippen molar-refractivity contribution in [1.82, 2.24) is 4.90 Å². The highest BCUT2D eigenvalue weighted by Gasteiger charge is 2.43. The number of hydrogen-bond donors (Lipinski definition) is 0. The van der Waals surface area contributed by atoms with Crippen LogP contribution in [0.2, 0.25) is 0 Å². The first-order chi connectivity index (χ1) is 11.8. The number of likely N-dealkylation sites (tertiary alicyclic amines) is 1. The number of amides is 1. The third-order valence-corrected chi connectivity index (χ3v) is 5.24. The molecule has 1 amide bonds. The van der Waals surface area contributed by atoms with Crippen LogP contribution in [-0.2, 0) is 9.53 Å². The zero-order chi connectivity index (χ0) is 20.2. The van der Waals surface area contributed by atoms with Gasteiger partial charge >= 0.3 is 6.09 Å². The molecule has 4 nitrogen and oxygen atoms in total. The van der Waals surface area contributed by atoms with Crippen LogP contribution in [-0.4, -0.2) is 35.5 Å². The summed E-state index contributed by atoms with van der Waals surface area (Å²) in [4.78, 5) is 27.2. The first-order valence-electron chi connectivity index (χ1n) is 9.90. The van der Waals surface area contributed by atoms with Crippen molar-refractivity contribution in [2.75, 3.05) is 13.1 Å². The van der Waals surface area contributed by atoms with Gasteiger partial charge in [0.2, 0.25) is 0 Å². The summed E-state index contributed by atoms with van der Waals surface area (Å²) in [7, 11) is 0. The number of ether oxygens (including phenoxy) is 1. The van der Waals surface area contributed by atoms with Gasteiger partial charge in [-0.2, -0.15) is 0 Å². The zero-order valence-corrected chi connectivity index (χ0v) is 18.0. The Morgan fingerprint density at radius 1 is 1.08 bits per heavy atom. The van der Waals surface area contributed by atoms with E-state index in [0.29, 0.717) is 31.2 Å². The maximum atomic E-state index is 13.1. The highest BCUT2D eigenvalue weighted by Crippen LogP contribution is 2.43. The van der Waals surface area contributed by atoms with Crippen molar-refractivity contribution >= 4 is 11.9 Å². The number of rotatable bonds is 6. The number of carbonyl (C=O) groups excluding carboxylic acids is 2. The van der Waals surface area contributed by atoms with E-state index in [0.717, 1.165) is 25.7 Å². The Morgan fingerprint density at radius 3 is 2.04 bits per heavy atom. The van der Waals surface area contributed by atoms with E-state index in [4.69, 9.17) is 4.74 Å². The topological polar surface area (TPSA) is 46.6 Å². The zero-order valence-electron chi connectivity index (χ0n) is 18.0. The molecule has 1 unspecified atom stereocenters. The van der Waals surface area contributed by atoms with Crippen LogP contribution in [0.1, 0.15) is 80.6 Å². The molecule has 1 atom stereocenters. The third kappa shape index (κ3) is 6.77. The van der Waals surface area contributed by atoms with E-state index >= 15 is 0 Å². The predicted molar refractivity (Wildman–Crippen MR) is 107 cm³/mol. The molecular formula is C22H39NO3. The van der Waals surface area contributed by atoms with Gasteiger partial charge in [-0.05, 0) is 57.8 Å². The molecular weight excluding hydrogens is 326 g/mol. The lowest BCUT2D eigenvalue weighted by atomic mass is 9.64. The number of Topliss-reactive ketones (excluding diaryl/α,β-unsaturated/α-hetero) is 1. The summed E-state index contributed by atoms with van der Waals surface area (Å²) in [6, 6.07) is 0. The van der Waals surface area contributed by atoms with Crippen LogP contribution < -0.4 is 0 Å².